The molecule has 1 fully saturated rings. The van der Waals surface area contributed by atoms with E-state index < -0.39 is 0 Å². The molecule has 2 aromatic carbocycles. The number of nitrogens with zero attached hydrogens (tertiary/aromatic N) is 1. The number of fused-ring (bicyclic) bond motifs is 1. The third-order valence-corrected chi connectivity index (χ3v) is 5.72. The second-order valence-electron chi connectivity index (χ2n) is 7.78. The van der Waals surface area contributed by atoms with Gasteiger partial charge >= 0.3 is 0 Å². The molecule has 0 aromatic heterocycles. The number of rotatable bonds is 2. The molecule has 0 amide bonds. The van der Waals surface area contributed by atoms with Crippen LogP contribution in [0, 0.1) is 6.92 Å². The molecule has 0 radical (unpaired) electrons. The van der Waals surface area contributed by atoms with Gasteiger partial charge in [0.15, 0.2) is 0 Å². The summed E-state index contributed by atoms with van der Waals surface area (Å²) < 4.78 is 6.45. The molecule has 2 aromatic rings. The highest BCUT2D eigenvalue weighted by Gasteiger charge is 2.42. The van der Waals surface area contributed by atoms with E-state index in [1.165, 1.54) is 22.3 Å². The van der Waals surface area contributed by atoms with Crippen LogP contribution in [0.3, 0.4) is 0 Å². The molecule has 0 atom stereocenters. The van der Waals surface area contributed by atoms with Crippen molar-refractivity contribution < 1.29 is 4.74 Å². The van der Waals surface area contributed by atoms with E-state index in [9.17, 15) is 0 Å². The second kappa shape index (κ2) is 5.93. The Kier molecular flexibility index (Phi) is 3.88. The highest BCUT2D eigenvalue weighted by molar-refractivity contribution is 5.66. The zero-order chi connectivity index (χ0) is 16.7. The third kappa shape index (κ3) is 2.84. The maximum atomic E-state index is 6.45. The molecule has 0 unspecified atom stereocenters. The first-order chi connectivity index (χ1) is 11.5. The predicted octanol–water partition coefficient (Wildman–Crippen LogP) is 4.84. The first kappa shape index (κ1) is 15.7. The van der Waals surface area contributed by atoms with Crippen LogP contribution in [0.25, 0.3) is 11.1 Å². The number of ether oxygens (including phenoxy) is 1. The second-order valence-corrected chi connectivity index (χ2v) is 7.78. The zero-order valence-electron chi connectivity index (χ0n) is 15.0. The van der Waals surface area contributed by atoms with E-state index in [0.29, 0.717) is 6.04 Å². The molecule has 2 nitrogen and oxygen atoms in total. The van der Waals surface area contributed by atoms with E-state index in [4.69, 9.17) is 4.74 Å². The van der Waals surface area contributed by atoms with E-state index in [-0.39, 0.29) is 5.60 Å². The summed E-state index contributed by atoms with van der Waals surface area (Å²) in [5.74, 6) is 1.10. The topological polar surface area (TPSA) is 12.5 Å². The number of likely N-dealkylation sites (tertiary alicyclic amines) is 1. The Bertz CT molecular complexity index is 724. The van der Waals surface area contributed by atoms with Gasteiger partial charge in [-0.1, -0.05) is 35.9 Å². The summed E-state index contributed by atoms with van der Waals surface area (Å²) in [5.41, 5.74) is 5.32. The fourth-order valence-corrected chi connectivity index (χ4v) is 4.09. The van der Waals surface area contributed by atoms with E-state index in [0.717, 1.165) is 38.1 Å². The Morgan fingerprint density at radius 3 is 2.29 bits per heavy atom. The molecular formula is C22H27NO. The SMILES string of the molecule is Cc1ccc(-c2ccc3c(c2)CC2(CCN(C(C)C)CC2)O3)cc1. The molecule has 1 spiro atoms. The van der Waals surface area contributed by atoms with Crippen molar-refractivity contribution in [1.82, 2.24) is 4.90 Å². The van der Waals surface area contributed by atoms with Gasteiger partial charge in [0, 0.05) is 38.4 Å². The van der Waals surface area contributed by atoms with Crippen molar-refractivity contribution in [2.24, 2.45) is 0 Å². The summed E-state index contributed by atoms with van der Waals surface area (Å²) in [5, 5.41) is 0. The van der Waals surface area contributed by atoms with E-state index >= 15 is 0 Å². The lowest BCUT2D eigenvalue weighted by molar-refractivity contribution is 0.0103. The molecule has 0 N–H and O–H groups in total. The first-order valence-corrected chi connectivity index (χ1v) is 9.18. The number of benzene rings is 2. The van der Waals surface area contributed by atoms with Crippen LogP contribution < -0.4 is 4.74 Å². The minimum Gasteiger partial charge on any atom is -0.487 e. The lowest BCUT2D eigenvalue weighted by Crippen LogP contribution is -2.49. The molecule has 24 heavy (non-hydrogen) atoms. The van der Waals surface area contributed by atoms with Crippen molar-refractivity contribution in [3.05, 3.63) is 53.6 Å². The summed E-state index contributed by atoms with van der Waals surface area (Å²) >= 11 is 0. The Balaban J connectivity index is 1.54. The van der Waals surface area contributed by atoms with Crippen LogP contribution in [-0.2, 0) is 6.42 Å². The largest absolute Gasteiger partial charge is 0.487 e. The van der Waals surface area contributed by atoms with Crippen molar-refractivity contribution in [2.75, 3.05) is 13.1 Å². The quantitative estimate of drug-likeness (QED) is 0.785. The van der Waals surface area contributed by atoms with Crippen molar-refractivity contribution in [3.63, 3.8) is 0 Å². The summed E-state index contributed by atoms with van der Waals surface area (Å²) in [4.78, 5) is 2.56. The average molecular weight is 321 g/mol. The van der Waals surface area contributed by atoms with Crippen LogP contribution in [0.15, 0.2) is 42.5 Å². The van der Waals surface area contributed by atoms with Gasteiger partial charge in [-0.05, 0) is 49.6 Å². The first-order valence-electron chi connectivity index (χ1n) is 9.18. The molecule has 2 heteroatoms. The van der Waals surface area contributed by atoms with E-state index in [1.807, 2.05) is 0 Å². The van der Waals surface area contributed by atoms with Crippen molar-refractivity contribution in [3.8, 4) is 16.9 Å². The highest BCUT2D eigenvalue weighted by atomic mass is 16.5. The molecular weight excluding hydrogens is 294 g/mol. The summed E-state index contributed by atoms with van der Waals surface area (Å²) in [6.07, 6.45) is 3.34. The van der Waals surface area contributed by atoms with Gasteiger partial charge in [-0.2, -0.15) is 0 Å². The lowest BCUT2D eigenvalue weighted by Gasteiger charge is -2.40. The number of aryl methyl sites for hydroxylation is 1. The predicted molar refractivity (Wildman–Crippen MR) is 99.6 cm³/mol. The van der Waals surface area contributed by atoms with Gasteiger partial charge in [0.2, 0.25) is 0 Å². The fraction of sp³-hybridized carbons (Fsp3) is 0.455. The molecule has 4 rings (SSSR count). The fourth-order valence-electron chi connectivity index (χ4n) is 4.09. The number of hydrogen-bond donors (Lipinski definition) is 0. The Morgan fingerprint density at radius 2 is 1.62 bits per heavy atom. The minimum absolute atomic E-state index is 0.0413. The van der Waals surface area contributed by atoms with Gasteiger partial charge in [-0.15, -0.1) is 0 Å². The normalized spacial score (nSPS) is 19.5. The van der Waals surface area contributed by atoms with Gasteiger partial charge in [0.05, 0.1) is 0 Å². The number of piperidine rings is 1. The Labute approximate surface area is 145 Å². The molecule has 2 heterocycles. The third-order valence-electron chi connectivity index (χ3n) is 5.72. The molecule has 126 valence electrons. The average Bonchev–Trinajstić information content (AvgIpc) is 2.92. The Hall–Kier alpha value is -1.80. The summed E-state index contributed by atoms with van der Waals surface area (Å²) in [6.45, 7) is 9.01. The van der Waals surface area contributed by atoms with Crippen molar-refractivity contribution in [2.45, 2.75) is 51.7 Å². The lowest BCUT2D eigenvalue weighted by atomic mass is 9.86. The molecule has 1 saturated heterocycles. The monoisotopic (exact) mass is 321 g/mol. The molecule has 2 aliphatic rings. The highest BCUT2D eigenvalue weighted by Crippen LogP contribution is 2.42. The van der Waals surface area contributed by atoms with Crippen molar-refractivity contribution in [1.29, 1.82) is 0 Å². The van der Waals surface area contributed by atoms with Gasteiger partial charge in [0.25, 0.3) is 0 Å². The molecule has 0 bridgehead atoms. The molecule has 2 aliphatic heterocycles. The smallest absolute Gasteiger partial charge is 0.123 e. The van der Waals surface area contributed by atoms with Crippen LogP contribution in [0.4, 0.5) is 0 Å². The van der Waals surface area contributed by atoms with Crippen LogP contribution in [0.5, 0.6) is 5.75 Å². The van der Waals surface area contributed by atoms with Gasteiger partial charge in [0.1, 0.15) is 11.4 Å². The molecule has 0 saturated carbocycles. The standard InChI is InChI=1S/C22H27NO/c1-16(2)23-12-10-22(11-13-23)15-20-14-19(8-9-21(20)24-22)18-6-4-17(3)5-7-18/h4-9,14,16H,10-13,15H2,1-3H3. The molecule has 0 aliphatic carbocycles. The van der Waals surface area contributed by atoms with Crippen molar-refractivity contribution >= 4 is 0 Å². The zero-order valence-corrected chi connectivity index (χ0v) is 15.0. The van der Waals surface area contributed by atoms with Crippen LogP contribution in [0.2, 0.25) is 0 Å². The van der Waals surface area contributed by atoms with Crippen LogP contribution in [0.1, 0.15) is 37.8 Å². The minimum atomic E-state index is 0.0413. The number of hydrogen-bond acceptors (Lipinski definition) is 2. The van der Waals surface area contributed by atoms with Crippen LogP contribution in [-0.4, -0.2) is 29.6 Å². The summed E-state index contributed by atoms with van der Waals surface area (Å²) in [6, 6.07) is 16.1. The maximum Gasteiger partial charge on any atom is 0.123 e. The van der Waals surface area contributed by atoms with Gasteiger partial charge in [-0.25, -0.2) is 0 Å². The van der Waals surface area contributed by atoms with E-state index in [1.54, 1.807) is 0 Å². The summed E-state index contributed by atoms with van der Waals surface area (Å²) in [7, 11) is 0. The van der Waals surface area contributed by atoms with Gasteiger partial charge in [-0.3, -0.25) is 0 Å². The Morgan fingerprint density at radius 1 is 0.958 bits per heavy atom. The van der Waals surface area contributed by atoms with Crippen LogP contribution >= 0.6 is 0 Å². The van der Waals surface area contributed by atoms with E-state index in [2.05, 4.69) is 68.1 Å². The maximum absolute atomic E-state index is 6.45. The van der Waals surface area contributed by atoms with Gasteiger partial charge < -0.3 is 9.64 Å².